The van der Waals surface area contributed by atoms with E-state index in [1.54, 1.807) is 42.5 Å². The van der Waals surface area contributed by atoms with Crippen molar-refractivity contribution in [2.45, 2.75) is 19.9 Å². The molecule has 0 fully saturated rings. The summed E-state index contributed by atoms with van der Waals surface area (Å²) in [5, 5.41) is 9.81. The standard InChI is InChI=1S/C25H23IN2O6S/c1-4-33-19-9-7-15(12-20(19)34-5-2)22-16(24(31)32-3)13-27-25-28(22)23(30)21(35-25)11-14-6-8-18(29)17(26)10-14/h6-13,22,29H,4-5H2,1-3H3/b21-11-/t22-/m1/s1. The third-order valence-electron chi connectivity index (χ3n) is 5.28. The van der Waals surface area contributed by atoms with Gasteiger partial charge in [0.05, 0.1) is 40.0 Å². The van der Waals surface area contributed by atoms with E-state index in [9.17, 15) is 14.7 Å². The number of benzene rings is 2. The quantitative estimate of drug-likeness (QED) is 0.328. The van der Waals surface area contributed by atoms with Gasteiger partial charge in [0.2, 0.25) is 0 Å². The van der Waals surface area contributed by atoms with E-state index in [0.717, 1.165) is 5.56 Å². The van der Waals surface area contributed by atoms with Crippen LogP contribution in [-0.2, 0) is 9.53 Å². The van der Waals surface area contributed by atoms with E-state index in [0.29, 0.717) is 43.2 Å². The summed E-state index contributed by atoms with van der Waals surface area (Å²) in [6.45, 7) is 4.65. The number of carbonyl (C=O) groups excluding carboxylic acids is 1. The van der Waals surface area contributed by atoms with Crippen molar-refractivity contribution in [2.24, 2.45) is 4.99 Å². The maximum Gasteiger partial charge on any atom is 0.337 e. The Hall–Kier alpha value is -3.12. The lowest BCUT2D eigenvalue weighted by atomic mass is 9.97. The fourth-order valence-electron chi connectivity index (χ4n) is 3.75. The van der Waals surface area contributed by atoms with Crippen LogP contribution in [0.1, 0.15) is 31.0 Å². The number of hydrogen-bond acceptors (Lipinski definition) is 8. The second-order valence-electron chi connectivity index (χ2n) is 7.46. The molecule has 2 heterocycles. The molecule has 1 aromatic heterocycles. The lowest BCUT2D eigenvalue weighted by Gasteiger charge is -2.23. The fraction of sp³-hybridized carbons (Fsp3) is 0.240. The van der Waals surface area contributed by atoms with Crippen molar-refractivity contribution in [2.75, 3.05) is 20.3 Å². The van der Waals surface area contributed by atoms with Gasteiger partial charge in [0.25, 0.3) is 5.56 Å². The van der Waals surface area contributed by atoms with Gasteiger partial charge in [-0.05, 0) is 77.9 Å². The summed E-state index contributed by atoms with van der Waals surface area (Å²) in [5.41, 5.74) is 1.37. The number of thiazole rings is 1. The summed E-state index contributed by atoms with van der Waals surface area (Å²) < 4.78 is 19.1. The SMILES string of the molecule is CCOc1ccc([C@@H]2C(C(=O)OC)=CN=c3s/c(=C\c4ccc(O)c(I)c4)c(=O)n32)cc1OCC. The number of phenolic OH excluding ortho intramolecular Hbond substituents is 1. The van der Waals surface area contributed by atoms with Gasteiger partial charge in [0.15, 0.2) is 16.3 Å². The Morgan fingerprint density at radius 2 is 1.91 bits per heavy atom. The molecule has 182 valence electrons. The Labute approximate surface area is 218 Å². The number of aromatic nitrogens is 1. The van der Waals surface area contributed by atoms with Crippen molar-refractivity contribution in [1.29, 1.82) is 0 Å². The number of rotatable bonds is 7. The van der Waals surface area contributed by atoms with Gasteiger partial charge < -0.3 is 19.3 Å². The maximum absolute atomic E-state index is 13.6. The van der Waals surface area contributed by atoms with Crippen LogP contribution in [0, 0.1) is 3.57 Å². The van der Waals surface area contributed by atoms with E-state index in [1.807, 2.05) is 36.4 Å². The predicted octanol–water partition coefficient (Wildman–Crippen LogP) is 3.13. The van der Waals surface area contributed by atoms with Crippen LogP contribution in [0.4, 0.5) is 0 Å². The Balaban J connectivity index is 1.90. The van der Waals surface area contributed by atoms with Crippen LogP contribution in [0.2, 0.25) is 0 Å². The van der Waals surface area contributed by atoms with Gasteiger partial charge in [-0.15, -0.1) is 0 Å². The highest BCUT2D eigenvalue weighted by atomic mass is 127. The Morgan fingerprint density at radius 1 is 1.17 bits per heavy atom. The van der Waals surface area contributed by atoms with Gasteiger partial charge in [0, 0.05) is 6.20 Å². The molecule has 8 nitrogen and oxygen atoms in total. The molecule has 0 saturated carbocycles. The van der Waals surface area contributed by atoms with E-state index in [2.05, 4.69) is 4.99 Å². The Kier molecular flexibility index (Phi) is 7.60. The largest absolute Gasteiger partial charge is 0.507 e. The van der Waals surface area contributed by atoms with Crippen LogP contribution in [-0.4, -0.2) is 36.0 Å². The number of esters is 1. The van der Waals surface area contributed by atoms with Gasteiger partial charge in [-0.3, -0.25) is 9.36 Å². The Bertz CT molecular complexity index is 1490. The zero-order chi connectivity index (χ0) is 25.1. The highest BCUT2D eigenvalue weighted by Gasteiger charge is 2.31. The second-order valence-corrected chi connectivity index (χ2v) is 9.63. The van der Waals surface area contributed by atoms with Crippen LogP contribution in [0.3, 0.4) is 0 Å². The highest BCUT2D eigenvalue weighted by Crippen LogP contribution is 2.35. The Morgan fingerprint density at radius 3 is 2.60 bits per heavy atom. The minimum Gasteiger partial charge on any atom is -0.507 e. The van der Waals surface area contributed by atoms with Crippen LogP contribution in [0.5, 0.6) is 17.2 Å². The van der Waals surface area contributed by atoms with Gasteiger partial charge in [-0.1, -0.05) is 23.5 Å². The molecule has 4 rings (SSSR count). The van der Waals surface area contributed by atoms with Crippen molar-refractivity contribution >= 4 is 46.0 Å². The molecule has 0 unspecified atom stereocenters. The van der Waals surface area contributed by atoms with Gasteiger partial charge in [-0.2, -0.15) is 0 Å². The summed E-state index contributed by atoms with van der Waals surface area (Å²) in [5.74, 6) is 0.699. The first-order valence-corrected chi connectivity index (χ1v) is 12.7. The molecule has 0 saturated heterocycles. The molecule has 3 aromatic rings. The molecule has 1 atom stereocenters. The summed E-state index contributed by atoms with van der Waals surface area (Å²) in [6, 6.07) is 9.70. The summed E-state index contributed by atoms with van der Waals surface area (Å²) in [4.78, 5) is 31.1. The average molecular weight is 606 g/mol. The first-order valence-electron chi connectivity index (χ1n) is 10.8. The lowest BCUT2D eigenvalue weighted by molar-refractivity contribution is -0.136. The molecular formula is C25H23IN2O6S. The zero-order valence-electron chi connectivity index (χ0n) is 19.3. The number of methoxy groups -OCH3 is 1. The maximum atomic E-state index is 13.6. The molecule has 0 spiro atoms. The number of carbonyl (C=O) groups is 1. The van der Waals surface area contributed by atoms with E-state index >= 15 is 0 Å². The first-order chi connectivity index (χ1) is 16.9. The molecule has 2 aromatic carbocycles. The molecule has 0 aliphatic carbocycles. The third-order valence-corrected chi connectivity index (χ3v) is 7.14. The van der Waals surface area contributed by atoms with Crippen molar-refractivity contribution in [3.05, 3.63) is 82.6 Å². The van der Waals surface area contributed by atoms with Gasteiger partial charge in [-0.25, -0.2) is 9.79 Å². The number of aromatic hydroxyl groups is 1. The molecule has 1 N–H and O–H groups in total. The molecule has 35 heavy (non-hydrogen) atoms. The zero-order valence-corrected chi connectivity index (χ0v) is 22.3. The number of nitrogens with zero attached hydrogens (tertiary/aromatic N) is 2. The topological polar surface area (TPSA) is 99.4 Å². The van der Waals surface area contributed by atoms with Crippen LogP contribution < -0.4 is 24.4 Å². The second kappa shape index (κ2) is 10.6. The molecule has 0 radical (unpaired) electrons. The number of hydrogen-bond donors (Lipinski definition) is 1. The number of phenols is 1. The minimum absolute atomic E-state index is 0.174. The number of halogens is 1. The average Bonchev–Trinajstić information content (AvgIpc) is 3.17. The number of fused-ring (bicyclic) bond motifs is 1. The van der Waals surface area contributed by atoms with Crippen LogP contribution in [0.25, 0.3) is 6.08 Å². The monoisotopic (exact) mass is 606 g/mol. The highest BCUT2D eigenvalue weighted by molar-refractivity contribution is 14.1. The van der Waals surface area contributed by atoms with Crippen molar-refractivity contribution in [3.8, 4) is 17.2 Å². The van der Waals surface area contributed by atoms with Crippen LogP contribution in [0.15, 0.2) is 58.0 Å². The van der Waals surface area contributed by atoms with Crippen molar-refractivity contribution < 1.29 is 24.1 Å². The summed E-state index contributed by atoms with van der Waals surface area (Å²) >= 11 is 3.25. The smallest absolute Gasteiger partial charge is 0.337 e. The van der Waals surface area contributed by atoms with Gasteiger partial charge >= 0.3 is 5.97 Å². The number of ether oxygens (including phenoxy) is 3. The van der Waals surface area contributed by atoms with Crippen LogP contribution >= 0.6 is 33.9 Å². The van der Waals surface area contributed by atoms with E-state index in [4.69, 9.17) is 14.2 Å². The molecule has 10 heteroatoms. The molecule has 0 bridgehead atoms. The van der Waals surface area contributed by atoms with E-state index in [1.165, 1.54) is 29.2 Å². The van der Waals surface area contributed by atoms with Crippen molar-refractivity contribution in [1.82, 2.24) is 4.57 Å². The minimum atomic E-state index is -0.754. The molecule has 0 amide bonds. The third kappa shape index (κ3) is 4.98. The lowest BCUT2D eigenvalue weighted by Crippen LogP contribution is -2.39. The van der Waals surface area contributed by atoms with E-state index < -0.39 is 12.0 Å². The normalized spacial score (nSPS) is 15.1. The van der Waals surface area contributed by atoms with Gasteiger partial charge in [0.1, 0.15) is 5.75 Å². The molecule has 1 aliphatic rings. The molecule has 1 aliphatic heterocycles. The summed E-state index contributed by atoms with van der Waals surface area (Å²) in [7, 11) is 1.29. The molecular weight excluding hydrogens is 583 g/mol. The van der Waals surface area contributed by atoms with Crippen molar-refractivity contribution in [3.63, 3.8) is 0 Å². The summed E-state index contributed by atoms with van der Waals surface area (Å²) in [6.07, 6.45) is 3.19. The van der Waals surface area contributed by atoms with E-state index in [-0.39, 0.29) is 16.9 Å². The predicted molar refractivity (Wildman–Crippen MR) is 141 cm³/mol. The first kappa shape index (κ1) is 25.0. The fourth-order valence-corrected chi connectivity index (χ4v) is 5.26.